The van der Waals surface area contributed by atoms with Crippen molar-refractivity contribution in [3.8, 4) is 5.75 Å². The van der Waals surface area contributed by atoms with E-state index in [2.05, 4.69) is 10.1 Å². The van der Waals surface area contributed by atoms with Crippen LogP contribution in [0.2, 0.25) is 0 Å². The monoisotopic (exact) mass is 285 g/mol. The zero-order valence-corrected chi connectivity index (χ0v) is 11.5. The van der Waals surface area contributed by atoms with Gasteiger partial charge in [-0.2, -0.15) is 9.61 Å². The van der Waals surface area contributed by atoms with E-state index in [0.29, 0.717) is 10.7 Å². The van der Waals surface area contributed by atoms with Crippen molar-refractivity contribution in [1.82, 2.24) is 14.6 Å². The Labute approximate surface area is 118 Å². The number of hydrogen-bond acceptors (Lipinski definition) is 5. The SMILES string of the molecule is COc1c(C=Cc2ccccc2)nc2scnn2c1=O. The van der Waals surface area contributed by atoms with Crippen molar-refractivity contribution >= 4 is 28.4 Å². The first-order valence-electron chi connectivity index (χ1n) is 5.93. The highest BCUT2D eigenvalue weighted by atomic mass is 32.1. The van der Waals surface area contributed by atoms with E-state index in [1.54, 1.807) is 11.6 Å². The second-order valence-corrected chi connectivity index (χ2v) is 4.82. The number of ether oxygens (including phenoxy) is 1. The van der Waals surface area contributed by atoms with E-state index in [9.17, 15) is 4.79 Å². The van der Waals surface area contributed by atoms with Gasteiger partial charge in [0.1, 0.15) is 11.2 Å². The van der Waals surface area contributed by atoms with E-state index in [1.165, 1.54) is 23.0 Å². The summed E-state index contributed by atoms with van der Waals surface area (Å²) in [5.41, 5.74) is 2.81. The molecule has 0 N–H and O–H groups in total. The zero-order chi connectivity index (χ0) is 13.9. The average Bonchev–Trinajstić information content (AvgIpc) is 2.95. The highest BCUT2D eigenvalue weighted by molar-refractivity contribution is 7.14. The summed E-state index contributed by atoms with van der Waals surface area (Å²) in [6, 6.07) is 9.80. The fraction of sp³-hybridized carbons (Fsp3) is 0.0714. The molecule has 0 unspecified atom stereocenters. The Kier molecular flexibility index (Phi) is 3.30. The maximum Gasteiger partial charge on any atom is 0.318 e. The van der Waals surface area contributed by atoms with Crippen molar-refractivity contribution in [2.75, 3.05) is 7.11 Å². The maximum atomic E-state index is 12.2. The molecular weight excluding hydrogens is 274 g/mol. The van der Waals surface area contributed by atoms with Crippen molar-refractivity contribution in [3.63, 3.8) is 0 Å². The number of rotatable bonds is 3. The molecule has 0 amide bonds. The summed E-state index contributed by atoms with van der Waals surface area (Å²) in [6.45, 7) is 0. The highest BCUT2D eigenvalue weighted by Gasteiger charge is 2.12. The molecule has 6 heteroatoms. The first kappa shape index (κ1) is 12.6. The quantitative estimate of drug-likeness (QED) is 0.741. The third-order valence-electron chi connectivity index (χ3n) is 2.77. The second-order valence-electron chi connectivity index (χ2n) is 4.01. The van der Waals surface area contributed by atoms with Gasteiger partial charge in [-0.1, -0.05) is 47.7 Å². The van der Waals surface area contributed by atoms with E-state index >= 15 is 0 Å². The van der Waals surface area contributed by atoms with Crippen molar-refractivity contribution < 1.29 is 4.74 Å². The molecule has 0 saturated carbocycles. The Balaban J connectivity index is 2.11. The number of aromatic nitrogens is 3. The van der Waals surface area contributed by atoms with Gasteiger partial charge in [0.2, 0.25) is 10.7 Å². The summed E-state index contributed by atoms with van der Waals surface area (Å²) in [5, 5.41) is 3.94. The molecule has 3 aromatic rings. The van der Waals surface area contributed by atoms with Gasteiger partial charge in [-0.3, -0.25) is 4.79 Å². The van der Waals surface area contributed by atoms with E-state index in [-0.39, 0.29) is 11.3 Å². The molecule has 0 atom stereocenters. The topological polar surface area (TPSA) is 56.5 Å². The Hall–Kier alpha value is -2.47. The van der Waals surface area contributed by atoms with Crippen LogP contribution >= 0.6 is 11.3 Å². The second kappa shape index (κ2) is 5.26. The molecule has 2 aromatic heterocycles. The van der Waals surface area contributed by atoms with Crippen LogP contribution in [0.4, 0.5) is 0 Å². The normalized spacial score (nSPS) is 11.2. The van der Waals surface area contributed by atoms with Crippen molar-refractivity contribution in [3.05, 3.63) is 57.5 Å². The lowest BCUT2D eigenvalue weighted by Gasteiger charge is -2.03. The van der Waals surface area contributed by atoms with E-state index < -0.39 is 0 Å². The van der Waals surface area contributed by atoms with Crippen LogP contribution < -0.4 is 10.3 Å². The lowest BCUT2D eigenvalue weighted by Crippen LogP contribution is -2.18. The lowest BCUT2D eigenvalue weighted by atomic mass is 10.2. The third kappa shape index (κ3) is 2.21. The van der Waals surface area contributed by atoms with Gasteiger partial charge in [-0.05, 0) is 11.6 Å². The van der Waals surface area contributed by atoms with Gasteiger partial charge in [0.05, 0.1) is 7.11 Å². The van der Waals surface area contributed by atoms with Gasteiger partial charge in [-0.15, -0.1) is 0 Å². The molecule has 0 aliphatic carbocycles. The minimum Gasteiger partial charge on any atom is -0.490 e. The van der Waals surface area contributed by atoms with Crippen molar-refractivity contribution in [2.24, 2.45) is 0 Å². The van der Waals surface area contributed by atoms with Crippen LogP contribution in [-0.4, -0.2) is 21.7 Å². The Morgan fingerprint density at radius 2 is 2.05 bits per heavy atom. The number of nitrogens with zero attached hydrogens (tertiary/aromatic N) is 3. The van der Waals surface area contributed by atoms with Crippen LogP contribution in [-0.2, 0) is 0 Å². The Morgan fingerprint density at radius 3 is 2.80 bits per heavy atom. The van der Waals surface area contributed by atoms with Crippen molar-refractivity contribution in [2.45, 2.75) is 0 Å². The molecular formula is C14H11N3O2S. The summed E-state index contributed by atoms with van der Waals surface area (Å²) in [6.07, 6.45) is 3.66. The smallest absolute Gasteiger partial charge is 0.318 e. The van der Waals surface area contributed by atoms with Crippen molar-refractivity contribution in [1.29, 1.82) is 0 Å². The predicted octanol–water partition coefficient (Wildman–Crippen LogP) is 2.33. The molecule has 2 heterocycles. The van der Waals surface area contributed by atoms with Gasteiger partial charge in [0.15, 0.2) is 0 Å². The minimum atomic E-state index is -0.300. The van der Waals surface area contributed by atoms with Crippen LogP contribution in [0.5, 0.6) is 5.75 Å². The Bertz CT molecular complexity index is 821. The molecule has 3 rings (SSSR count). The fourth-order valence-electron chi connectivity index (χ4n) is 1.83. The van der Waals surface area contributed by atoms with Gasteiger partial charge in [-0.25, -0.2) is 4.98 Å². The van der Waals surface area contributed by atoms with Crippen LogP contribution in [0.15, 0.2) is 40.6 Å². The van der Waals surface area contributed by atoms with Gasteiger partial charge in [0, 0.05) is 0 Å². The average molecular weight is 285 g/mol. The summed E-state index contributed by atoms with van der Waals surface area (Å²) in [5.74, 6) is 0.195. The first-order valence-corrected chi connectivity index (χ1v) is 6.81. The maximum absolute atomic E-state index is 12.2. The summed E-state index contributed by atoms with van der Waals surface area (Å²) < 4.78 is 6.40. The summed E-state index contributed by atoms with van der Waals surface area (Å²) >= 11 is 1.31. The predicted molar refractivity (Wildman–Crippen MR) is 79.1 cm³/mol. The molecule has 0 saturated heterocycles. The molecule has 20 heavy (non-hydrogen) atoms. The van der Waals surface area contributed by atoms with Gasteiger partial charge >= 0.3 is 5.56 Å². The van der Waals surface area contributed by atoms with Crippen LogP contribution in [0, 0.1) is 0 Å². The van der Waals surface area contributed by atoms with Crippen LogP contribution in [0.25, 0.3) is 17.1 Å². The van der Waals surface area contributed by atoms with Gasteiger partial charge in [0.25, 0.3) is 0 Å². The molecule has 1 aromatic carbocycles. The van der Waals surface area contributed by atoms with Gasteiger partial charge < -0.3 is 4.74 Å². The molecule has 0 aliphatic heterocycles. The third-order valence-corrected chi connectivity index (χ3v) is 3.45. The Morgan fingerprint density at radius 1 is 1.25 bits per heavy atom. The summed E-state index contributed by atoms with van der Waals surface area (Å²) in [7, 11) is 1.46. The molecule has 0 aliphatic rings. The largest absolute Gasteiger partial charge is 0.490 e. The molecule has 0 spiro atoms. The standard InChI is InChI=1S/C14H11N3O2S/c1-19-12-11(8-7-10-5-3-2-4-6-10)16-14-17(13(12)18)15-9-20-14/h2-9H,1H3. The molecule has 100 valence electrons. The number of methoxy groups -OCH3 is 1. The number of fused-ring (bicyclic) bond motifs is 1. The number of benzene rings is 1. The molecule has 0 bridgehead atoms. The van der Waals surface area contributed by atoms with E-state index in [0.717, 1.165) is 5.56 Å². The van der Waals surface area contributed by atoms with E-state index in [1.807, 2.05) is 36.4 Å². The van der Waals surface area contributed by atoms with Crippen LogP contribution in [0.3, 0.4) is 0 Å². The summed E-state index contributed by atoms with van der Waals surface area (Å²) in [4.78, 5) is 17.1. The zero-order valence-electron chi connectivity index (χ0n) is 10.7. The number of hydrogen-bond donors (Lipinski definition) is 0. The fourth-order valence-corrected chi connectivity index (χ4v) is 2.45. The molecule has 0 radical (unpaired) electrons. The van der Waals surface area contributed by atoms with E-state index in [4.69, 9.17) is 4.74 Å². The lowest BCUT2D eigenvalue weighted by molar-refractivity contribution is 0.403. The molecule has 5 nitrogen and oxygen atoms in total. The highest BCUT2D eigenvalue weighted by Crippen LogP contribution is 2.16. The molecule has 0 fully saturated rings. The minimum absolute atomic E-state index is 0.195. The van der Waals surface area contributed by atoms with Crippen LogP contribution in [0.1, 0.15) is 11.3 Å². The first-order chi connectivity index (χ1) is 9.79.